The lowest BCUT2D eigenvalue weighted by Gasteiger charge is -2.11. The number of rotatable bonds is 4. The Morgan fingerprint density at radius 1 is 1.00 bits per heavy atom. The molecule has 0 aliphatic heterocycles. The SMILES string of the molecule is Cc1ccc(-c2cnc3ccccc3n2)cc1NC(=O)c1cccc([N+](=O)[O-])c1. The number of carbonyl (C=O) groups is 1. The smallest absolute Gasteiger partial charge is 0.270 e. The van der Waals surface area contributed by atoms with Gasteiger partial charge in [0.05, 0.1) is 27.8 Å². The number of non-ortho nitro benzene ring substituents is 1. The Morgan fingerprint density at radius 3 is 2.59 bits per heavy atom. The maximum atomic E-state index is 12.6. The summed E-state index contributed by atoms with van der Waals surface area (Å²) < 4.78 is 0. The Labute approximate surface area is 166 Å². The normalized spacial score (nSPS) is 10.7. The number of fused-ring (bicyclic) bond motifs is 1. The fourth-order valence-electron chi connectivity index (χ4n) is 2.97. The van der Waals surface area contributed by atoms with Crippen LogP contribution in [0, 0.1) is 17.0 Å². The zero-order valence-electron chi connectivity index (χ0n) is 15.5. The molecule has 3 aromatic carbocycles. The van der Waals surface area contributed by atoms with Crippen LogP contribution in [0.3, 0.4) is 0 Å². The van der Waals surface area contributed by atoms with Gasteiger partial charge >= 0.3 is 0 Å². The van der Waals surface area contributed by atoms with Crippen LogP contribution in [0.2, 0.25) is 0 Å². The Bertz CT molecular complexity index is 1250. The van der Waals surface area contributed by atoms with E-state index in [2.05, 4.69) is 15.3 Å². The molecule has 0 atom stereocenters. The molecule has 0 saturated carbocycles. The van der Waals surface area contributed by atoms with E-state index in [-0.39, 0.29) is 11.3 Å². The summed E-state index contributed by atoms with van der Waals surface area (Å²) in [6, 6.07) is 18.8. The molecule has 0 saturated heterocycles. The number of nitrogens with zero attached hydrogens (tertiary/aromatic N) is 3. The van der Waals surface area contributed by atoms with Gasteiger partial charge in [-0.2, -0.15) is 0 Å². The molecule has 29 heavy (non-hydrogen) atoms. The number of hydrogen-bond donors (Lipinski definition) is 1. The van der Waals surface area contributed by atoms with Gasteiger partial charge in [-0.05, 0) is 36.8 Å². The second-order valence-corrected chi connectivity index (χ2v) is 6.54. The van der Waals surface area contributed by atoms with E-state index in [0.717, 1.165) is 22.2 Å². The van der Waals surface area contributed by atoms with Gasteiger partial charge < -0.3 is 5.32 Å². The minimum Gasteiger partial charge on any atom is -0.322 e. The van der Waals surface area contributed by atoms with Gasteiger partial charge in [0, 0.05) is 28.9 Å². The molecule has 1 heterocycles. The molecule has 7 heteroatoms. The van der Waals surface area contributed by atoms with Crippen molar-refractivity contribution in [2.24, 2.45) is 0 Å². The third-order valence-electron chi connectivity index (χ3n) is 4.55. The molecule has 0 bridgehead atoms. The number of anilines is 1. The average Bonchev–Trinajstić information content (AvgIpc) is 2.75. The van der Waals surface area contributed by atoms with Crippen LogP contribution in [0.25, 0.3) is 22.3 Å². The van der Waals surface area contributed by atoms with E-state index in [1.165, 1.54) is 24.3 Å². The number of aryl methyl sites for hydroxylation is 1. The molecule has 142 valence electrons. The second-order valence-electron chi connectivity index (χ2n) is 6.54. The summed E-state index contributed by atoms with van der Waals surface area (Å²) in [4.78, 5) is 32.1. The molecular weight excluding hydrogens is 368 g/mol. The summed E-state index contributed by atoms with van der Waals surface area (Å²) in [6.07, 6.45) is 1.69. The van der Waals surface area contributed by atoms with E-state index >= 15 is 0 Å². The summed E-state index contributed by atoms with van der Waals surface area (Å²) in [5.74, 6) is -0.418. The van der Waals surface area contributed by atoms with Crippen molar-refractivity contribution in [3.05, 3.63) is 94.2 Å². The van der Waals surface area contributed by atoms with Crippen molar-refractivity contribution in [3.8, 4) is 11.3 Å². The number of amides is 1. The van der Waals surface area contributed by atoms with E-state index in [0.29, 0.717) is 11.4 Å². The van der Waals surface area contributed by atoms with E-state index in [1.54, 1.807) is 6.20 Å². The highest BCUT2D eigenvalue weighted by molar-refractivity contribution is 6.05. The van der Waals surface area contributed by atoms with Crippen molar-refractivity contribution in [2.45, 2.75) is 6.92 Å². The second kappa shape index (κ2) is 7.47. The van der Waals surface area contributed by atoms with Crippen LogP contribution in [0.5, 0.6) is 0 Å². The van der Waals surface area contributed by atoms with Crippen LogP contribution in [0.15, 0.2) is 72.9 Å². The molecule has 7 nitrogen and oxygen atoms in total. The zero-order chi connectivity index (χ0) is 20.4. The number of carbonyl (C=O) groups excluding carboxylic acids is 1. The molecule has 4 rings (SSSR count). The lowest BCUT2D eigenvalue weighted by atomic mass is 10.1. The standard InChI is InChI=1S/C22H16N4O3/c1-14-9-10-15(21-13-23-18-7-2-3-8-19(18)24-21)12-20(14)25-22(27)16-5-4-6-17(11-16)26(28)29/h2-13H,1H3,(H,25,27). The van der Waals surface area contributed by atoms with E-state index in [4.69, 9.17) is 0 Å². The number of nitro groups is 1. The Kier molecular flexibility index (Phi) is 4.70. The van der Waals surface area contributed by atoms with Crippen LogP contribution in [0.1, 0.15) is 15.9 Å². The van der Waals surface area contributed by atoms with E-state index in [1.807, 2.05) is 49.4 Å². The third kappa shape index (κ3) is 3.79. The van der Waals surface area contributed by atoms with Crippen molar-refractivity contribution >= 4 is 28.3 Å². The minimum atomic E-state index is -0.527. The molecule has 4 aromatic rings. The van der Waals surface area contributed by atoms with E-state index in [9.17, 15) is 14.9 Å². The van der Waals surface area contributed by atoms with Crippen molar-refractivity contribution in [1.82, 2.24) is 9.97 Å². The summed E-state index contributed by atoms with van der Waals surface area (Å²) in [5.41, 5.74) is 4.65. The molecule has 0 aliphatic rings. The molecule has 0 spiro atoms. The fraction of sp³-hybridized carbons (Fsp3) is 0.0455. The summed E-state index contributed by atoms with van der Waals surface area (Å²) >= 11 is 0. The topological polar surface area (TPSA) is 98.0 Å². The zero-order valence-corrected chi connectivity index (χ0v) is 15.5. The number of nitro benzene ring substituents is 1. The van der Waals surface area contributed by atoms with Crippen molar-refractivity contribution in [1.29, 1.82) is 0 Å². The first-order valence-electron chi connectivity index (χ1n) is 8.90. The molecule has 1 amide bonds. The molecule has 0 aliphatic carbocycles. The molecule has 1 N–H and O–H groups in total. The van der Waals surface area contributed by atoms with Gasteiger partial charge in [-0.1, -0.05) is 30.3 Å². The maximum Gasteiger partial charge on any atom is 0.270 e. The number of para-hydroxylation sites is 2. The first kappa shape index (κ1) is 18.2. The van der Waals surface area contributed by atoms with Gasteiger partial charge in [0.15, 0.2) is 0 Å². The predicted molar refractivity (Wildman–Crippen MR) is 111 cm³/mol. The van der Waals surface area contributed by atoms with Gasteiger partial charge in [-0.3, -0.25) is 19.9 Å². The van der Waals surface area contributed by atoms with Gasteiger partial charge in [-0.25, -0.2) is 4.98 Å². The van der Waals surface area contributed by atoms with Crippen molar-refractivity contribution < 1.29 is 9.72 Å². The quantitative estimate of drug-likeness (QED) is 0.404. The first-order chi connectivity index (χ1) is 14.0. The third-order valence-corrected chi connectivity index (χ3v) is 4.55. The molecular formula is C22H16N4O3. The van der Waals surface area contributed by atoms with Crippen LogP contribution >= 0.6 is 0 Å². The lowest BCUT2D eigenvalue weighted by molar-refractivity contribution is -0.384. The maximum absolute atomic E-state index is 12.6. The van der Waals surface area contributed by atoms with Gasteiger partial charge in [0.2, 0.25) is 0 Å². The Balaban J connectivity index is 1.65. The Morgan fingerprint density at radius 2 is 1.79 bits per heavy atom. The highest BCUT2D eigenvalue weighted by atomic mass is 16.6. The molecule has 0 fully saturated rings. The largest absolute Gasteiger partial charge is 0.322 e. The lowest BCUT2D eigenvalue weighted by Crippen LogP contribution is -2.13. The Hall–Kier alpha value is -4.13. The number of hydrogen-bond acceptors (Lipinski definition) is 5. The predicted octanol–water partition coefficient (Wildman–Crippen LogP) is 4.77. The highest BCUT2D eigenvalue weighted by Gasteiger charge is 2.13. The number of nitrogens with one attached hydrogen (secondary N) is 1. The molecule has 0 radical (unpaired) electrons. The highest BCUT2D eigenvalue weighted by Crippen LogP contribution is 2.26. The number of aromatic nitrogens is 2. The fourth-order valence-corrected chi connectivity index (χ4v) is 2.97. The van der Waals surface area contributed by atoms with Crippen LogP contribution in [0.4, 0.5) is 11.4 Å². The van der Waals surface area contributed by atoms with Gasteiger partial charge in [0.1, 0.15) is 0 Å². The molecule has 1 aromatic heterocycles. The van der Waals surface area contributed by atoms with Gasteiger partial charge in [-0.15, -0.1) is 0 Å². The minimum absolute atomic E-state index is 0.130. The summed E-state index contributed by atoms with van der Waals surface area (Å²) in [6.45, 7) is 1.87. The van der Waals surface area contributed by atoms with Crippen LogP contribution in [-0.4, -0.2) is 20.8 Å². The van der Waals surface area contributed by atoms with E-state index < -0.39 is 10.8 Å². The monoisotopic (exact) mass is 384 g/mol. The van der Waals surface area contributed by atoms with Crippen molar-refractivity contribution in [2.75, 3.05) is 5.32 Å². The summed E-state index contributed by atoms with van der Waals surface area (Å²) in [5, 5.41) is 13.8. The van der Waals surface area contributed by atoms with Crippen LogP contribution in [-0.2, 0) is 0 Å². The van der Waals surface area contributed by atoms with Crippen LogP contribution < -0.4 is 5.32 Å². The number of benzene rings is 3. The molecule has 0 unspecified atom stereocenters. The summed E-state index contributed by atoms with van der Waals surface area (Å²) in [7, 11) is 0. The van der Waals surface area contributed by atoms with Crippen molar-refractivity contribution in [3.63, 3.8) is 0 Å². The first-order valence-corrected chi connectivity index (χ1v) is 8.90. The van der Waals surface area contributed by atoms with Gasteiger partial charge in [0.25, 0.3) is 11.6 Å². The average molecular weight is 384 g/mol.